The van der Waals surface area contributed by atoms with Gasteiger partial charge in [-0.1, -0.05) is 23.7 Å². The van der Waals surface area contributed by atoms with E-state index in [1.807, 2.05) is 6.07 Å². The largest absolute Gasteiger partial charge is 0.481 e. The van der Waals surface area contributed by atoms with Crippen molar-refractivity contribution in [1.29, 1.82) is 0 Å². The summed E-state index contributed by atoms with van der Waals surface area (Å²) in [5.41, 5.74) is 0.859. The lowest BCUT2D eigenvalue weighted by Gasteiger charge is -2.12. The van der Waals surface area contributed by atoms with Gasteiger partial charge >= 0.3 is 5.97 Å². The Kier molecular flexibility index (Phi) is 4.43. The number of carbonyl (C=O) groups is 2. The number of carboxylic acid groups (broad SMARTS) is 1. The number of rotatable bonds is 4. The molecule has 0 heterocycles. The van der Waals surface area contributed by atoms with E-state index in [0.717, 1.165) is 12.0 Å². The van der Waals surface area contributed by atoms with Crippen molar-refractivity contribution in [3.8, 4) is 0 Å². The Bertz CT molecular complexity index is 489. The van der Waals surface area contributed by atoms with E-state index in [1.165, 1.54) is 0 Å². The first-order chi connectivity index (χ1) is 9.04. The van der Waals surface area contributed by atoms with E-state index in [1.54, 1.807) is 18.2 Å². The molecular formula is C14H16ClNO3. The van der Waals surface area contributed by atoms with Crippen LogP contribution in [-0.2, 0) is 16.0 Å². The highest BCUT2D eigenvalue weighted by atomic mass is 35.5. The molecule has 0 spiro atoms. The lowest BCUT2D eigenvalue weighted by molar-refractivity contribution is -0.141. The van der Waals surface area contributed by atoms with Gasteiger partial charge in [0.15, 0.2) is 0 Å². The highest BCUT2D eigenvalue weighted by Gasteiger charge is 2.30. The monoisotopic (exact) mass is 281 g/mol. The molecule has 0 bridgehead atoms. The summed E-state index contributed by atoms with van der Waals surface area (Å²) in [7, 11) is 0. The molecule has 2 atom stereocenters. The third-order valence-electron chi connectivity index (χ3n) is 3.40. The third-order valence-corrected chi connectivity index (χ3v) is 3.64. The SMILES string of the molecule is O=C(Cc1cccc(Cl)c1)NC1CCC(C(=O)O)C1. The minimum Gasteiger partial charge on any atom is -0.481 e. The van der Waals surface area contributed by atoms with Crippen LogP contribution in [0.25, 0.3) is 0 Å². The first-order valence-electron chi connectivity index (χ1n) is 6.31. The predicted octanol–water partition coefficient (Wildman–Crippen LogP) is 2.25. The predicted molar refractivity (Wildman–Crippen MR) is 72.1 cm³/mol. The number of benzene rings is 1. The summed E-state index contributed by atoms with van der Waals surface area (Å²) >= 11 is 5.86. The minimum absolute atomic E-state index is 0.0206. The highest BCUT2D eigenvalue weighted by molar-refractivity contribution is 6.30. The standard InChI is InChI=1S/C14H16ClNO3/c15-11-3-1-2-9(6-11)7-13(17)16-12-5-4-10(8-12)14(18)19/h1-3,6,10,12H,4-5,7-8H2,(H,16,17)(H,18,19). The van der Waals surface area contributed by atoms with Crippen LogP contribution in [0.15, 0.2) is 24.3 Å². The lowest BCUT2D eigenvalue weighted by Crippen LogP contribution is -2.34. The van der Waals surface area contributed by atoms with Crippen LogP contribution >= 0.6 is 11.6 Å². The van der Waals surface area contributed by atoms with E-state index in [-0.39, 0.29) is 24.3 Å². The van der Waals surface area contributed by atoms with Gasteiger partial charge in [0.2, 0.25) is 5.91 Å². The van der Waals surface area contributed by atoms with Crippen LogP contribution in [0.5, 0.6) is 0 Å². The van der Waals surface area contributed by atoms with Crippen molar-refractivity contribution in [1.82, 2.24) is 5.32 Å². The van der Waals surface area contributed by atoms with Crippen LogP contribution < -0.4 is 5.32 Å². The molecule has 19 heavy (non-hydrogen) atoms. The Balaban J connectivity index is 1.84. The average molecular weight is 282 g/mol. The normalized spacial score (nSPS) is 22.2. The van der Waals surface area contributed by atoms with Crippen LogP contribution in [0.3, 0.4) is 0 Å². The Labute approximate surface area is 116 Å². The number of hydrogen-bond donors (Lipinski definition) is 2. The van der Waals surface area contributed by atoms with Crippen LogP contribution in [0, 0.1) is 5.92 Å². The molecule has 1 aliphatic carbocycles. The molecule has 2 rings (SSSR count). The minimum atomic E-state index is -0.772. The Morgan fingerprint density at radius 1 is 1.37 bits per heavy atom. The van der Waals surface area contributed by atoms with Gasteiger partial charge in [-0.2, -0.15) is 0 Å². The molecular weight excluding hydrogens is 266 g/mol. The van der Waals surface area contributed by atoms with E-state index in [9.17, 15) is 9.59 Å². The van der Waals surface area contributed by atoms with Gasteiger partial charge in [-0.15, -0.1) is 0 Å². The molecule has 1 fully saturated rings. The van der Waals surface area contributed by atoms with Gasteiger partial charge in [0.05, 0.1) is 12.3 Å². The quantitative estimate of drug-likeness (QED) is 0.889. The number of hydrogen-bond acceptors (Lipinski definition) is 2. The molecule has 1 amide bonds. The van der Waals surface area contributed by atoms with E-state index >= 15 is 0 Å². The van der Waals surface area contributed by atoms with Gasteiger partial charge in [-0.3, -0.25) is 9.59 Å². The summed E-state index contributed by atoms with van der Waals surface area (Å²) in [5.74, 6) is -1.18. The maximum atomic E-state index is 11.9. The van der Waals surface area contributed by atoms with Crippen molar-refractivity contribution >= 4 is 23.5 Å². The number of carbonyl (C=O) groups excluding carboxylic acids is 1. The van der Waals surface area contributed by atoms with Crippen LogP contribution in [0.2, 0.25) is 5.02 Å². The molecule has 0 aliphatic heterocycles. The number of halogens is 1. The molecule has 0 aromatic heterocycles. The van der Waals surface area contributed by atoms with E-state index < -0.39 is 5.97 Å². The van der Waals surface area contributed by atoms with Gasteiger partial charge in [0.25, 0.3) is 0 Å². The fourth-order valence-electron chi connectivity index (χ4n) is 2.45. The third kappa shape index (κ3) is 3.96. The van der Waals surface area contributed by atoms with Crippen molar-refractivity contribution in [2.45, 2.75) is 31.7 Å². The topological polar surface area (TPSA) is 66.4 Å². The number of amides is 1. The second-order valence-corrected chi connectivity index (χ2v) is 5.36. The summed E-state index contributed by atoms with van der Waals surface area (Å²) in [6.07, 6.45) is 2.17. The maximum absolute atomic E-state index is 11.9. The molecule has 0 saturated heterocycles. The highest BCUT2D eigenvalue weighted by Crippen LogP contribution is 2.25. The first-order valence-corrected chi connectivity index (χ1v) is 6.69. The van der Waals surface area contributed by atoms with Crippen molar-refractivity contribution < 1.29 is 14.7 Å². The van der Waals surface area contributed by atoms with E-state index in [4.69, 9.17) is 16.7 Å². The zero-order chi connectivity index (χ0) is 13.8. The Morgan fingerprint density at radius 2 is 2.16 bits per heavy atom. The fourth-order valence-corrected chi connectivity index (χ4v) is 2.66. The molecule has 4 nitrogen and oxygen atoms in total. The summed E-state index contributed by atoms with van der Waals surface area (Å²) in [4.78, 5) is 22.7. The Hall–Kier alpha value is -1.55. The van der Waals surface area contributed by atoms with E-state index in [2.05, 4.69) is 5.32 Å². The summed E-state index contributed by atoms with van der Waals surface area (Å²) in [6.45, 7) is 0. The number of nitrogens with one attached hydrogen (secondary N) is 1. The molecule has 1 saturated carbocycles. The van der Waals surface area contributed by atoms with Crippen LogP contribution in [0.1, 0.15) is 24.8 Å². The van der Waals surface area contributed by atoms with Gasteiger partial charge in [0.1, 0.15) is 0 Å². The van der Waals surface area contributed by atoms with Crippen molar-refractivity contribution in [3.05, 3.63) is 34.9 Å². The van der Waals surface area contributed by atoms with Crippen LogP contribution in [-0.4, -0.2) is 23.0 Å². The average Bonchev–Trinajstić information content (AvgIpc) is 2.77. The molecule has 2 unspecified atom stereocenters. The molecule has 1 aliphatic rings. The van der Waals surface area contributed by atoms with Gasteiger partial charge < -0.3 is 10.4 Å². The summed E-state index contributed by atoms with van der Waals surface area (Å²) in [6, 6.07) is 7.15. The van der Waals surface area contributed by atoms with Crippen molar-refractivity contribution in [3.63, 3.8) is 0 Å². The lowest BCUT2D eigenvalue weighted by atomic mass is 10.1. The van der Waals surface area contributed by atoms with Gasteiger partial charge in [0, 0.05) is 11.1 Å². The second kappa shape index (κ2) is 6.06. The van der Waals surface area contributed by atoms with Crippen molar-refractivity contribution in [2.24, 2.45) is 5.92 Å². The summed E-state index contributed by atoms with van der Waals surface area (Å²) < 4.78 is 0. The second-order valence-electron chi connectivity index (χ2n) is 4.92. The maximum Gasteiger partial charge on any atom is 0.306 e. The molecule has 1 aromatic carbocycles. The van der Waals surface area contributed by atoms with Gasteiger partial charge in [-0.05, 0) is 37.0 Å². The Morgan fingerprint density at radius 3 is 2.79 bits per heavy atom. The first kappa shape index (κ1) is 13.9. The van der Waals surface area contributed by atoms with Gasteiger partial charge in [-0.25, -0.2) is 0 Å². The summed E-state index contributed by atoms with van der Waals surface area (Å²) in [5, 5.41) is 12.4. The zero-order valence-corrected chi connectivity index (χ0v) is 11.2. The molecule has 5 heteroatoms. The molecule has 1 aromatic rings. The fraction of sp³-hybridized carbons (Fsp3) is 0.429. The van der Waals surface area contributed by atoms with Crippen molar-refractivity contribution in [2.75, 3.05) is 0 Å². The zero-order valence-electron chi connectivity index (χ0n) is 10.4. The molecule has 2 N–H and O–H groups in total. The number of carboxylic acids is 1. The molecule has 0 radical (unpaired) electrons. The number of aliphatic carboxylic acids is 1. The smallest absolute Gasteiger partial charge is 0.306 e. The van der Waals surface area contributed by atoms with Crippen LogP contribution in [0.4, 0.5) is 0 Å². The van der Waals surface area contributed by atoms with E-state index in [0.29, 0.717) is 17.9 Å². The molecule has 102 valence electrons.